The molecule has 2 aromatic carbocycles. The molecule has 0 aromatic heterocycles. The predicted molar refractivity (Wildman–Crippen MR) is 90.2 cm³/mol. The minimum Gasteiger partial charge on any atom is -0.309 e. The summed E-state index contributed by atoms with van der Waals surface area (Å²) in [6.07, 6.45) is 2.06. The van der Waals surface area contributed by atoms with Gasteiger partial charge in [0, 0.05) is 4.47 Å². The van der Waals surface area contributed by atoms with E-state index in [1.807, 2.05) is 13.1 Å². The molecule has 3 heteroatoms. The van der Waals surface area contributed by atoms with Crippen molar-refractivity contribution in [2.24, 2.45) is 0 Å². The molecular formula is C18H21BrFN. The summed E-state index contributed by atoms with van der Waals surface area (Å²) in [6, 6.07) is 11.6. The van der Waals surface area contributed by atoms with Gasteiger partial charge in [-0.1, -0.05) is 48.0 Å². The van der Waals surface area contributed by atoms with Crippen molar-refractivity contribution in [2.75, 3.05) is 7.05 Å². The molecule has 0 bridgehead atoms. The highest BCUT2D eigenvalue weighted by molar-refractivity contribution is 9.10. The summed E-state index contributed by atoms with van der Waals surface area (Å²) in [5, 5.41) is 3.29. The standard InChI is InChI=1S/C18H21BrFN/c1-4-12-6-7-14(8-13(12)5-2)18(21-3)15-9-16(19)11-17(20)10-15/h6-11,18,21H,4-5H2,1-3H3. The minimum absolute atomic E-state index is 0.00629. The first kappa shape index (κ1) is 16.2. The fourth-order valence-corrected chi connectivity index (χ4v) is 3.25. The molecule has 0 spiro atoms. The fourth-order valence-electron chi connectivity index (χ4n) is 2.77. The Morgan fingerprint density at radius 1 is 1.00 bits per heavy atom. The van der Waals surface area contributed by atoms with Gasteiger partial charge >= 0.3 is 0 Å². The average molecular weight is 350 g/mol. The molecule has 1 unspecified atom stereocenters. The second-order valence-electron chi connectivity index (χ2n) is 5.16. The number of hydrogen-bond donors (Lipinski definition) is 1. The van der Waals surface area contributed by atoms with Gasteiger partial charge in [0.15, 0.2) is 0 Å². The van der Waals surface area contributed by atoms with E-state index in [0.29, 0.717) is 0 Å². The van der Waals surface area contributed by atoms with Crippen LogP contribution in [0.25, 0.3) is 0 Å². The van der Waals surface area contributed by atoms with Crippen LogP contribution >= 0.6 is 15.9 Å². The first-order chi connectivity index (χ1) is 10.1. The van der Waals surface area contributed by atoms with Crippen LogP contribution in [-0.4, -0.2) is 7.05 Å². The summed E-state index contributed by atoms with van der Waals surface area (Å²) in [7, 11) is 1.91. The van der Waals surface area contributed by atoms with Crippen molar-refractivity contribution < 1.29 is 4.39 Å². The molecule has 0 radical (unpaired) electrons. The van der Waals surface area contributed by atoms with Crippen molar-refractivity contribution in [1.82, 2.24) is 5.32 Å². The van der Waals surface area contributed by atoms with E-state index in [1.54, 1.807) is 6.07 Å². The van der Waals surface area contributed by atoms with Crippen LogP contribution in [0.5, 0.6) is 0 Å². The Kier molecular flexibility index (Phi) is 5.54. The van der Waals surface area contributed by atoms with Gasteiger partial charge < -0.3 is 5.32 Å². The summed E-state index contributed by atoms with van der Waals surface area (Å²) in [5.74, 6) is -0.222. The molecule has 21 heavy (non-hydrogen) atoms. The normalized spacial score (nSPS) is 12.4. The summed E-state index contributed by atoms with van der Waals surface area (Å²) < 4.78 is 14.4. The summed E-state index contributed by atoms with van der Waals surface area (Å²) in [6.45, 7) is 4.35. The van der Waals surface area contributed by atoms with E-state index in [2.05, 4.69) is 53.3 Å². The molecule has 0 fully saturated rings. The lowest BCUT2D eigenvalue weighted by Gasteiger charge is -2.19. The lowest BCUT2D eigenvalue weighted by molar-refractivity contribution is 0.615. The third-order valence-corrected chi connectivity index (χ3v) is 4.29. The molecule has 0 saturated carbocycles. The van der Waals surface area contributed by atoms with Crippen LogP contribution in [0.4, 0.5) is 4.39 Å². The van der Waals surface area contributed by atoms with Gasteiger partial charge in [-0.3, -0.25) is 0 Å². The molecule has 0 saturated heterocycles. The molecule has 1 atom stereocenters. The Labute approximate surface area is 134 Å². The summed E-state index contributed by atoms with van der Waals surface area (Å²) in [5.41, 5.74) is 4.85. The van der Waals surface area contributed by atoms with E-state index >= 15 is 0 Å². The van der Waals surface area contributed by atoms with Crippen LogP contribution in [0, 0.1) is 5.82 Å². The van der Waals surface area contributed by atoms with E-state index < -0.39 is 0 Å². The monoisotopic (exact) mass is 349 g/mol. The Hall–Kier alpha value is -1.19. The molecule has 2 aromatic rings. The van der Waals surface area contributed by atoms with Gasteiger partial charge in [-0.25, -0.2) is 4.39 Å². The lowest BCUT2D eigenvalue weighted by Crippen LogP contribution is -2.18. The highest BCUT2D eigenvalue weighted by Gasteiger charge is 2.15. The molecule has 0 aliphatic carbocycles. The molecule has 2 rings (SSSR count). The maximum absolute atomic E-state index is 13.6. The third-order valence-electron chi connectivity index (χ3n) is 3.83. The molecule has 112 valence electrons. The Morgan fingerprint density at radius 3 is 2.29 bits per heavy atom. The van der Waals surface area contributed by atoms with Crippen LogP contribution in [-0.2, 0) is 12.8 Å². The van der Waals surface area contributed by atoms with Gasteiger partial charge in [0.05, 0.1) is 6.04 Å². The van der Waals surface area contributed by atoms with Gasteiger partial charge in [0.2, 0.25) is 0 Å². The van der Waals surface area contributed by atoms with Crippen LogP contribution in [0.2, 0.25) is 0 Å². The predicted octanol–water partition coefficient (Wildman–Crippen LogP) is 5.02. The van der Waals surface area contributed by atoms with Crippen molar-refractivity contribution in [3.05, 3.63) is 68.9 Å². The topological polar surface area (TPSA) is 12.0 Å². The third kappa shape index (κ3) is 3.72. The van der Waals surface area contributed by atoms with Crippen molar-refractivity contribution in [2.45, 2.75) is 32.7 Å². The largest absolute Gasteiger partial charge is 0.309 e. The zero-order valence-electron chi connectivity index (χ0n) is 12.7. The molecule has 1 nitrogen and oxygen atoms in total. The van der Waals surface area contributed by atoms with Crippen LogP contribution in [0.1, 0.15) is 42.1 Å². The Balaban J connectivity index is 2.45. The van der Waals surface area contributed by atoms with Crippen molar-refractivity contribution in [3.63, 3.8) is 0 Å². The number of aryl methyl sites for hydroxylation is 2. The number of halogens is 2. The highest BCUT2D eigenvalue weighted by atomic mass is 79.9. The maximum atomic E-state index is 13.6. The highest BCUT2D eigenvalue weighted by Crippen LogP contribution is 2.27. The zero-order valence-corrected chi connectivity index (χ0v) is 14.3. The molecule has 0 aliphatic rings. The molecular weight excluding hydrogens is 329 g/mol. The van der Waals surface area contributed by atoms with E-state index in [-0.39, 0.29) is 11.9 Å². The quantitative estimate of drug-likeness (QED) is 0.798. The second kappa shape index (κ2) is 7.19. The number of hydrogen-bond acceptors (Lipinski definition) is 1. The molecule has 0 heterocycles. The summed E-state index contributed by atoms with van der Waals surface area (Å²) in [4.78, 5) is 0. The van der Waals surface area contributed by atoms with E-state index in [0.717, 1.165) is 22.9 Å². The summed E-state index contributed by atoms with van der Waals surface area (Å²) >= 11 is 3.37. The SMILES string of the molecule is CCc1ccc(C(NC)c2cc(F)cc(Br)c2)cc1CC. The average Bonchev–Trinajstić information content (AvgIpc) is 2.46. The fraction of sp³-hybridized carbons (Fsp3) is 0.333. The van der Waals surface area contributed by atoms with Gasteiger partial charge in [0.1, 0.15) is 5.82 Å². The van der Waals surface area contributed by atoms with E-state index in [4.69, 9.17) is 0 Å². The van der Waals surface area contributed by atoms with Crippen LogP contribution in [0.3, 0.4) is 0 Å². The van der Waals surface area contributed by atoms with Crippen molar-refractivity contribution in [1.29, 1.82) is 0 Å². The Morgan fingerprint density at radius 2 is 1.71 bits per heavy atom. The van der Waals surface area contributed by atoms with Crippen molar-refractivity contribution in [3.8, 4) is 0 Å². The van der Waals surface area contributed by atoms with E-state index in [1.165, 1.54) is 22.8 Å². The first-order valence-electron chi connectivity index (χ1n) is 7.34. The molecule has 0 amide bonds. The van der Waals surface area contributed by atoms with Gasteiger partial charge in [-0.2, -0.15) is 0 Å². The number of nitrogens with one attached hydrogen (secondary N) is 1. The van der Waals surface area contributed by atoms with Crippen LogP contribution in [0.15, 0.2) is 40.9 Å². The van der Waals surface area contributed by atoms with Gasteiger partial charge in [-0.15, -0.1) is 0 Å². The molecule has 0 aliphatic heterocycles. The zero-order chi connectivity index (χ0) is 15.4. The molecule has 1 N–H and O–H groups in total. The minimum atomic E-state index is -0.222. The van der Waals surface area contributed by atoms with Crippen LogP contribution < -0.4 is 5.32 Å². The smallest absolute Gasteiger partial charge is 0.124 e. The van der Waals surface area contributed by atoms with Crippen molar-refractivity contribution >= 4 is 15.9 Å². The first-order valence-corrected chi connectivity index (χ1v) is 8.13. The van der Waals surface area contributed by atoms with Gasteiger partial charge in [0.25, 0.3) is 0 Å². The number of rotatable bonds is 5. The van der Waals surface area contributed by atoms with Gasteiger partial charge in [-0.05, 0) is 60.3 Å². The van der Waals surface area contributed by atoms with E-state index in [9.17, 15) is 4.39 Å². The lowest BCUT2D eigenvalue weighted by atomic mass is 9.93. The maximum Gasteiger partial charge on any atom is 0.124 e. The Bertz CT molecular complexity index is 604. The number of benzene rings is 2. The second-order valence-corrected chi connectivity index (χ2v) is 6.08.